The molecule has 2 aliphatic heterocycles. The Morgan fingerprint density at radius 3 is 2.67 bits per heavy atom. The third-order valence-corrected chi connectivity index (χ3v) is 4.01. The second kappa shape index (κ2) is 6.80. The van der Waals surface area contributed by atoms with Crippen LogP contribution in [0.15, 0.2) is 24.4 Å². The second-order valence-electron chi connectivity index (χ2n) is 5.58. The van der Waals surface area contributed by atoms with E-state index in [1.165, 1.54) is 11.1 Å². The number of nitrogens with zero attached hydrogens (tertiary/aromatic N) is 4. The number of pyridine rings is 1. The molecule has 1 atom stereocenters. The van der Waals surface area contributed by atoms with Crippen LogP contribution in [0.25, 0.3) is 5.32 Å². The van der Waals surface area contributed by atoms with Gasteiger partial charge in [-0.1, -0.05) is 6.07 Å². The van der Waals surface area contributed by atoms with Crippen LogP contribution in [-0.2, 0) is 32.3 Å². The van der Waals surface area contributed by atoms with E-state index in [2.05, 4.69) is 10.3 Å². The van der Waals surface area contributed by atoms with Gasteiger partial charge in [0.2, 0.25) is 0 Å². The quantitative estimate of drug-likeness (QED) is 0.567. The van der Waals surface area contributed by atoms with Crippen LogP contribution in [0.4, 0.5) is 18.0 Å². The number of urea groups is 1. The number of alkyl halides is 3. The van der Waals surface area contributed by atoms with Crippen molar-refractivity contribution in [3.63, 3.8) is 0 Å². The predicted octanol–water partition coefficient (Wildman–Crippen LogP) is 1.57. The van der Waals surface area contributed by atoms with Crippen molar-refractivity contribution < 1.29 is 43.8 Å². The molecule has 6 nitrogen and oxygen atoms in total. The molecule has 2 saturated heterocycles. The Labute approximate surface area is 150 Å². The fraction of sp³-hybridized carbons (Fsp3) is 0.500. The van der Waals surface area contributed by atoms with E-state index in [1.54, 1.807) is 18.2 Å². The average Bonchev–Trinajstić information content (AvgIpc) is 2.70. The number of hydrogen-bond acceptors (Lipinski definition) is 3. The van der Waals surface area contributed by atoms with Crippen molar-refractivity contribution in [1.29, 1.82) is 0 Å². The third kappa shape index (κ3) is 3.32. The Balaban J connectivity index is 0.00000208. The molecule has 0 aromatic carbocycles. The molecule has 132 valence electrons. The van der Waals surface area contributed by atoms with Crippen molar-refractivity contribution >= 4 is 11.9 Å². The third-order valence-electron chi connectivity index (χ3n) is 4.01. The van der Waals surface area contributed by atoms with Gasteiger partial charge in [0.15, 0.2) is 0 Å². The summed E-state index contributed by atoms with van der Waals surface area (Å²) >= 11 is 0. The topological polar surface area (TPSA) is 67.6 Å². The number of hydrogen-bond donors (Lipinski definition) is 0. The molecule has 0 saturated carbocycles. The van der Waals surface area contributed by atoms with E-state index in [0.717, 1.165) is 0 Å². The first-order chi connectivity index (χ1) is 10.8. The zero-order valence-corrected chi connectivity index (χ0v) is 14.7. The summed E-state index contributed by atoms with van der Waals surface area (Å²) in [7, 11) is 0. The average molecular weight is 522 g/mol. The number of carbonyl (C=O) groups excluding carboxylic acids is 2. The van der Waals surface area contributed by atoms with Crippen molar-refractivity contribution in [1.82, 2.24) is 14.8 Å². The standard InChI is InChI=1S/C14H14F3N4O2.Pt/c15-14(16,17)9-20-11(22)13(7-10-3-1-2-4-19-10)8-18-5-6-21(13)12(20)23;/h1-4H,5-9H2;/q-1;+2. The second-order valence-corrected chi connectivity index (χ2v) is 5.58. The summed E-state index contributed by atoms with van der Waals surface area (Å²) < 4.78 is 38.0. The van der Waals surface area contributed by atoms with E-state index < -0.39 is 30.2 Å². The number of amides is 3. The van der Waals surface area contributed by atoms with Gasteiger partial charge in [-0.15, -0.1) is 13.1 Å². The van der Waals surface area contributed by atoms with Gasteiger partial charge in [0.05, 0.1) is 0 Å². The zero-order chi connectivity index (χ0) is 16.7. The summed E-state index contributed by atoms with van der Waals surface area (Å²) in [5.74, 6) is -0.853. The van der Waals surface area contributed by atoms with Crippen molar-refractivity contribution in [2.45, 2.75) is 18.1 Å². The van der Waals surface area contributed by atoms with Crippen LogP contribution in [0.1, 0.15) is 5.69 Å². The first-order valence-corrected chi connectivity index (χ1v) is 7.07. The monoisotopic (exact) mass is 522 g/mol. The molecule has 10 heteroatoms. The van der Waals surface area contributed by atoms with E-state index in [-0.39, 0.29) is 45.5 Å². The number of fused-ring (bicyclic) bond motifs is 1. The minimum atomic E-state index is -4.64. The molecular formula is C14H14F3N4O2Pt+. The SMILES string of the molecule is O=C1N(CC(F)(F)F)C(=O)C2(Cc3ccccn3)C[N-]CCN12.[Pt+2]. The van der Waals surface area contributed by atoms with Crippen LogP contribution < -0.4 is 0 Å². The largest absolute Gasteiger partial charge is 2.00 e. The van der Waals surface area contributed by atoms with E-state index in [1.807, 2.05) is 0 Å². The van der Waals surface area contributed by atoms with Gasteiger partial charge in [0, 0.05) is 24.9 Å². The first kappa shape index (κ1) is 18.9. The molecule has 1 aromatic rings. The fourth-order valence-electron chi connectivity index (χ4n) is 3.03. The molecule has 24 heavy (non-hydrogen) atoms. The molecule has 0 radical (unpaired) electrons. The Morgan fingerprint density at radius 1 is 1.29 bits per heavy atom. The molecule has 3 amide bonds. The smallest absolute Gasteiger partial charge is 0.659 e. The van der Waals surface area contributed by atoms with E-state index in [0.29, 0.717) is 12.2 Å². The number of piperazine rings is 1. The summed E-state index contributed by atoms with van der Waals surface area (Å²) in [6.45, 7) is -1.15. The van der Waals surface area contributed by atoms with Gasteiger partial charge in [0.25, 0.3) is 5.91 Å². The van der Waals surface area contributed by atoms with Gasteiger partial charge in [-0.2, -0.15) is 13.2 Å². The summed E-state index contributed by atoms with van der Waals surface area (Å²) in [6.07, 6.45) is -3.05. The van der Waals surface area contributed by atoms with Gasteiger partial charge in [-0.3, -0.25) is 14.7 Å². The number of aromatic nitrogens is 1. The summed E-state index contributed by atoms with van der Waals surface area (Å²) in [6, 6.07) is 4.18. The number of halogens is 3. The Bertz CT molecular complexity index is 628. The van der Waals surface area contributed by atoms with Gasteiger partial charge in [0.1, 0.15) is 12.1 Å². The maximum atomic E-state index is 12.7. The summed E-state index contributed by atoms with van der Waals surface area (Å²) in [5, 5.41) is 4.15. The molecule has 3 rings (SSSR count). The molecule has 1 unspecified atom stereocenters. The van der Waals surface area contributed by atoms with Crippen LogP contribution in [0.3, 0.4) is 0 Å². The normalized spacial score (nSPS) is 24.0. The molecule has 3 heterocycles. The maximum Gasteiger partial charge on any atom is 2.00 e. The van der Waals surface area contributed by atoms with Crippen molar-refractivity contribution in [3.8, 4) is 0 Å². The van der Waals surface area contributed by atoms with Crippen molar-refractivity contribution in [2.24, 2.45) is 0 Å². The van der Waals surface area contributed by atoms with Gasteiger partial charge >= 0.3 is 33.3 Å². The number of rotatable bonds is 3. The fourth-order valence-corrected chi connectivity index (χ4v) is 3.03. The summed E-state index contributed by atoms with van der Waals surface area (Å²) in [4.78, 5) is 30.5. The van der Waals surface area contributed by atoms with E-state index in [4.69, 9.17) is 0 Å². The van der Waals surface area contributed by atoms with E-state index in [9.17, 15) is 22.8 Å². The zero-order valence-electron chi connectivity index (χ0n) is 12.4. The minimum absolute atomic E-state index is 0. The molecule has 0 aliphatic carbocycles. The minimum Gasteiger partial charge on any atom is -0.659 e. The maximum absolute atomic E-state index is 12.7. The Hall–Kier alpha value is -1.47. The van der Waals surface area contributed by atoms with Crippen molar-refractivity contribution in [3.05, 3.63) is 35.4 Å². The van der Waals surface area contributed by atoms with Gasteiger partial charge in [-0.05, 0) is 12.1 Å². The van der Waals surface area contributed by atoms with Crippen molar-refractivity contribution in [2.75, 3.05) is 26.2 Å². The predicted molar refractivity (Wildman–Crippen MR) is 73.6 cm³/mol. The van der Waals surface area contributed by atoms with Crippen LogP contribution in [0, 0.1) is 0 Å². The van der Waals surface area contributed by atoms with Crippen LogP contribution in [-0.4, -0.2) is 64.6 Å². The van der Waals surface area contributed by atoms with Crippen LogP contribution in [0.2, 0.25) is 0 Å². The summed E-state index contributed by atoms with van der Waals surface area (Å²) in [5.41, 5.74) is -0.862. The molecular weight excluding hydrogens is 508 g/mol. The molecule has 2 fully saturated rings. The Kier molecular flexibility index (Phi) is 5.34. The van der Waals surface area contributed by atoms with Gasteiger partial charge < -0.3 is 10.2 Å². The number of imide groups is 1. The van der Waals surface area contributed by atoms with Crippen LogP contribution in [0.5, 0.6) is 0 Å². The number of carbonyl (C=O) groups is 2. The molecule has 0 bridgehead atoms. The molecule has 0 N–H and O–H groups in total. The first-order valence-electron chi connectivity index (χ1n) is 7.07. The molecule has 0 spiro atoms. The van der Waals surface area contributed by atoms with Gasteiger partial charge in [-0.25, -0.2) is 4.79 Å². The van der Waals surface area contributed by atoms with Crippen LogP contribution >= 0.6 is 0 Å². The van der Waals surface area contributed by atoms with E-state index >= 15 is 0 Å². The molecule has 1 aromatic heterocycles. The molecule has 2 aliphatic rings. The Morgan fingerprint density at radius 2 is 2.04 bits per heavy atom.